The minimum absolute atomic E-state index is 0.0378. The summed E-state index contributed by atoms with van der Waals surface area (Å²) in [6, 6.07) is 6.27. The largest absolute Gasteiger partial charge is 0.361 e. The van der Waals surface area contributed by atoms with Crippen molar-refractivity contribution in [2.24, 2.45) is 5.73 Å². The van der Waals surface area contributed by atoms with Crippen LogP contribution in [-0.2, 0) is 14.4 Å². The smallest absolute Gasteiger partial charge is 0.309 e. The van der Waals surface area contributed by atoms with E-state index in [9.17, 15) is 14.4 Å². The zero-order valence-electron chi connectivity index (χ0n) is 10.7. The second-order valence-electron chi connectivity index (χ2n) is 4.63. The number of carbonyl (C=O) groups is 3. The van der Waals surface area contributed by atoms with Crippen LogP contribution in [0.4, 0.5) is 5.69 Å². The first-order valence-corrected chi connectivity index (χ1v) is 5.95. The number of benzene rings is 1. The minimum Gasteiger partial charge on any atom is -0.361 e. The number of primary amides is 1. The average molecular weight is 261 g/mol. The van der Waals surface area contributed by atoms with Crippen LogP contribution < -0.4 is 16.0 Å². The monoisotopic (exact) mass is 261 g/mol. The number of nitrogens with one attached hydrogen (secondary N) is 1. The standard InChI is InChI=1S/C13H15N3O3/c1-7(2)16-9-6-4-3-5-8(9)10(13(16)19)15-12(18)11(14)17/h3-7,10H,1-2H3,(H2,14,17)(H,15,18)/t10-/m1/s1. The van der Waals surface area contributed by atoms with Crippen LogP contribution in [0.15, 0.2) is 24.3 Å². The number of nitrogens with two attached hydrogens (primary N) is 1. The van der Waals surface area contributed by atoms with Gasteiger partial charge in [0.05, 0.1) is 0 Å². The lowest BCUT2D eigenvalue weighted by Crippen LogP contribution is -2.44. The second kappa shape index (κ2) is 4.72. The van der Waals surface area contributed by atoms with Gasteiger partial charge in [-0.3, -0.25) is 14.4 Å². The third-order valence-electron chi connectivity index (χ3n) is 3.01. The molecule has 0 spiro atoms. The van der Waals surface area contributed by atoms with Gasteiger partial charge in [0.25, 0.3) is 5.91 Å². The third-order valence-corrected chi connectivity index (χ3v) is 3.01. The molecule has 0 aliphatic carbocycles. The molecule has 2 rings (SSSR count). The van der Waals surface area contributed by atoms with E-state index in [0.717, 1.165) is 5.69 Å². The van der Waals surface area contributed by atoms with Crippen LogP contribution in [0.25, 0.3) is 0 Å². The molecule has 1 aliphatic rings. The van der Waals surface area contributed by atoms with Gasteiger partial charge in [0.1, 0.15) is 6.04 Å². The van der Waals surface area contributed by atoms with Crippen molar-refractivity contribution in [2.45, 2.75) is 25.9 Å². The van der Waals surface area contributed by atoms with Gasteiger partial charge in [0.15, 0.2) is 0 Å². The van der Waals surface area contributed by atoms with Crippen molar-refractivity contribution in [3.63, 3.8) is 0 Å². The van der Waals surface area contributed by atoms with Crippen LogP contribution >= 0.6 is 0 Å². The van der Waals surface area contributed by atoms with Crippen LogP contribution in [-0.4, -0.2) is 23.8 Å². The Balaban J connectivity index is 2.39. The van der Waals surface area contributed by atoms with Gasteiger partial charge in [-0.05, 0) is 19.9 Å². The molecule has 1 heterocycles. The maximum atomic E-state index is 12.3. The molecule has 1 atom stereocenters. The topological polar surface area (TPSA) is 92.5 Å². The normalized spacial score (nSPS) is 17.5. The zero-order valence-corrected chi connectivity index (χ0v) is 10.7. The number of fused-ring (bicyclic) bond motifs is 1. The van der Waals surface area contributed by atoms with Crippen molar-refractivity contribution in [2.75, 3.05) is 4.90 Å². The van der Waals surface area contributed by atoms with Gasteiger partial charge in [-0.25, -0.2) is 0 Å². The van der Waals surface area contributed by atoms with E-state index in [1.165, 1.54) is 0 Å². The van der Waals surface area contributed by atoms with Gasteiger partial charge in [0.2, 0.25) is 0 Å². The third kappa shape index (κ3) is 2.16. The van der Waals surface area contributed by atoms with Crippen molar-refractivity contribution in [3.05, 3.63) is 29.8 Å². The molecule has 0 bridgehead atoms. The highest BCUT2D eigenvalue weighted by molar-refractivity contribution is 6.35. The molecule has 6 heteroatoms. The number of nitrogens with zero attached hydrogens (tertiary/aromatic N) is 1. The number of carbonyl (C=O) groups excluding carboxylic acids is 3. The lowest BCUT2D eigenvalue weighted by molar-refractivity contribution is -0.138. The summed E-state index contributed by atoms with van der Waals surface area (Å²) in [7, 11) is 0. The molecule has 3 N–H and O–H groups in total. The summed E-state index contributed by atoms with van der Waals surface area (Å²) < 4.78 is 0. The van der Waals surface area contributed by atoms with Crippen LogP contribution in [0, 0.1) is 0 Å². The summed E-state index contributed by atoms with van der Waals surface area (Å²) in [5, 5.41) is 2.36. The molecule has 0 saturated carbocycles. The Kier molecular flexibility index (Phi) is 3.25. The molecule has 0 radical (unpaired) electrons. The second-order valence-corrected chi connectivity index (χ2v) is 4.63. The maximum absolute atomic E-state index is 12.3. The molecule has 0 unspecified atom stereocenters. The number of hydrogen-bond acceptors (Lipinski definition) is 3. The molecule has 3 amide bonds. The van der Waals surface area contributed by atoms with E-state index in [1.807, 2.05) is 26.0 Å². The maximum Gasteiger partial charge on any atom is 0.309 e. The van der Waals surface area contributed by atoms with Crippen molar-refractivity contribution in [3.8, 4) is 0 Å². The predicted octanol–water partition coefficient (Wildman–Crippen LogP) is 0.0842. The van der Waals surface area contributed by atoms with Crippen LogP contribution in [0.5, 0.6) is 0 Å². The van der Waals surface area contributed by atoms with E-state index in [1.54, 1.807) is 17.0 Å². The van der Waals surface area contributed by atoms with Gasteiger partial charge < -0.3 is 16.0 Å². The zero-order chi connectivity index (χ0) is 14.2. The van der Waals surface area contributed by atoms with E-state index in [0.29, 0.717) is 5.56 Å². The van der Waals surface area contributed by atoms with E-state index < -0.39 is 17.9 Å². The summed E-state index contributed by atoms with van der Waals surface area (Å²) in [6.45, 7) is 3.76. The molecule has 1 aliphatic heterocycles. The Hall–Kier alpha value is -2.37. The molecule has 19 heavy (non-hydrogen) atoms. The first-order chi connectivity index (χ1) is 8.93. The lowest BCUT2D eigenvalue weighted by Gasteiger charge is -2.22. The highest BCUT2D eigenvalue weighted by Gasteiger charge is 2.39. The van der Waals surface area contributed by atoms with Crippen molar-refractivity contribution in [1.82, 2.24) is 5.32 Å². The Morgan fingerprint density at radius 3 is 2.53 bits per heavy atom. The first kappa shape index (κ1) is 13.1. The Labute approximate surface area is 110 Å². The molecule has 0 aromatic heterocycles. The molecule has 0 saturated heterocycles. The van der Waals surface area contributed by atoms with Crippen molar-refractivity contribution in [1.29, 1.82) is 0 Å². The average Bonchev–Trinajstić information content (AvgIpc) is 2.62. The Morgan fingerprint density at radius 1 is 1.32 bits per heavy atom. The van der Waals surface area contributed by atoms with Gasteiger partial charge in [-0.1, -0.05) is 18.2 Å². The number of anilines is 1. The number of hydrogen-bond donors (Lipinski definition) is 2. The summed E-state index contributed by atoms with van der Waals surface area (Å²) in [6.07, 6.45) is 0. The minimum atomic E-state index is -1.10. The van der Waals surface area contributed by atoms with Crippen LogP contribution in [0.3, 0.4) is 0 Å². The van der Waals surface area contributed by atoms with E-state index in [-0.39, 0.29) is 11.9 Å². The summed E-state index contributed by atoms with van der Waals surface area (Å²) >= 11 is 0. The SMILES string of the molecule is CC(C)N1C(=O)[C@H](NC(=O)C(N)=O)c2ccccc21. The fourth-order valence-electron chi connectivity index (χ4n) is 2.22. The molecule has 100 valence electrons. The fourth-order valence-corrected chi connectivity index (χ4v) is 2.22. The quantitative estimate of drug-likeness (QED) is 0.739. The highest BCUT2D eigenvalue weighted by atomic mass is 16.2. The summed E-state index contributed by atoms with van der Waals surface area (Å²) in [5.74, 6) is -2.32. The number of para-hydroxylation sites is 1. The predicted molar refractivity (Wildman–Crippen MR) is 69.1 cm³/mol. The van der Waals surface area contributed by atoms with Gasteiger partial charge in [-0.15, -0.1) is 0 Å². The Morgan fingerprint density at radius 2 is 1.95 bits per heavy atom. The number of amides is 3. The van der Waals surface area contributed by atoms with Gasteiger partial charge in [-0.2, -0.15) is 0 Å². The van der Waals surface area contributed by atoms with E-state index in [4.69, 9.17) is 5.73 Å². The van der Waals surface area contributed by atoms with Gasteiger partial charge in [0, 0.05) is 17.3 Å². The Bertz CT molecular complexity index is 554. The summed E-state index contributed by atoms with van der Waals surface area (Å²) in [4.78, 5) is 36.1. The van der Waals surface area contributed by atoms with Crippen molar-refractivity contribution >= 4 is 23.4 Å². The molecule has 1 aromatic rings. The van der Waals surface area contributed by atoms with Crippen molar-refractivity contribution < 1.29 is 14.4 Å². The van der Waals surface area contributed by atoms with Crippen LogP contribution in [0.2, 0.25) is 0 Å². The molecular weight excluding hydrogens is 246 g/mol. The highest BCUT2D eigenvalue weighted by Crippen LogP contribution is 2.36. The molecular formula is C13H15N3O3. The van der Waals surface area contributed by atoms with E-state index in [2.05, 4.69) is 5.32 Å². The number of rotatable bonds is 2. The van der Waals surface area contributed by atoms with E-state index >= 15 is 0 Å². The summed E-state index contributed by atoms with van der Waals surface area (Å²) in [5.41, 5.74) is 6.32. The molecule has 6 nitrogen and oxygen atoms in total. The lowest BCUT2D eigenvalue weighted by atomic mass is 10.1. The van der Waals surface area contributed by atoms with Crippen LogP contribution in [0.1, 0.15) is 25.5 Å². The van der Waals surface area contributed by atoms with Gasteiger partial charge >= 0.3 is 11.8 Å². The molecule has 0 fully saturated rings. The molecule has 1 aromatic carbocycles. The fraction of sp³-hybridized carbons (Fsp3) is 0.308. The first-order valence-electron chi connectivity index (χ1n) is 5.95.